The molecule has 12 heteroatoms. The van der Waals surface area contributed by atoms with Gasteiger partial charge in [0.05, 0.1) is 0 Å². The minimum absolute atomic E-state index is 0.252. The van der Waals surface area contributed by atoms with Crippen molar-refractivity contribution in [3.63, 3.8) is 0 Å². The first-order valence-corrected chi connectivity index (χ1v) is 5.18. The van der Waals surface area contributed by atoms with Crippen molar-refractivity contribution in [3.8, 4) is 0 Å². The van der Waals surface area contributed by atoms with E-state index in [4.69, 9.17) is 5.53 Å². The minimum atomic E-state index is -5.96. The number of hydrogen-bond donors (Lipinski definition) is 0. The van der Waals surface area contributed by atoms with Crippen LogP contribution in [0.15, 0.2) is 0 Å². The molecule has 0 aromatic carbocycles. The number of alkyl halides is 6. The summed E-state index contributed by atoms with van der Waals surface area (Å²) in [6.45, 7) is 0. The zero-order chi connectivity index (χ0) is 16.6. The number of carbonyl (C=O) groups is 2. The van der Waals surface area contributed by atoms with Crippen LogP contribution in [-0.4, -0.2) is 58.8 Å². The van der Waals surface area contributed by atoms with Gasteiger partial charge in [-0.2, -0.15) is 31.1 Å². The Bertz CT molecular complexity index is 494. The summed E-state index contributed by atoms with van der Waals surface area (Å²) < 4.78 is 80.4. The molecule has 0 spiro atoms. The molecule has 0 radical (unpaired) electrons. The van der Waals surface area contributed by atoms with Crippen molar-refractivity contribution in [2.75, 3.05) is 7.05 Å². The highest BCUT2D eigenvalue weighted by molar-refractivity contribution is 6.25. The summed E-state index contributed by atoms with van der Waals surface area (Å²) in [5.74, 6) is -3.00. The molecule has 6 nitrogen and oxygen atoms in total. The van der Waals surface area contributed by atoms with E-state index in [0.29, 0.717) is 7.05 Å². The third-order valence-electron chi connectivity index (χ3n) is 2.85. The van der Waals surface area contributed by atoms with Crippen LogP contribution < -0.4 is 0 Å². The van der Waals surface area contributed by atoms with Crippen LogP contribution in [0.25, 0.3) is 5.53 Å². The number of likely N-dealkylation sites (N-methyl/N-ethyl adjacent to an activating group) is 1. The summed E-state index contributed by atoms with van der Waals surface area (Å²) in [6, 6.07) is -2.11. The predicted octanol–water partition coefficient (Wildman–Crippen LogP) is 0.924. The summed E-state index contributed by atoms with van der Waals surface area (Å²) >= 11 is 0. The molecule has 0 aliphatic carbocycles. The summed E-state index contributed by atoms with van der Waals surface area (Å²) in [5, 5.41) is 0. The molecule has 0 unspecified atom stereocenters. The van der Waals surface area contributed by atoms with E-state index in [-0.39, 0.29) is 6.21 Å². The molecule has 0 saturated carbocycles. The normalized spacial score (nSPS) is 22.6. The van der Waals surface area contributed by atoms with E-state index < -0.39 is 47.2 Å². The second kappa shape index (κ2) is 5.11. The van der Waals surface area contributed by atoms with E-state index in [9.17, 15) is 35.9 Å². The number of cyclic esters (lactones) is 1. The van der Waals surface area contributed by atoms with Gasteiger partial charge in [0, 0.05) is 6.42 Å². The number of Topliss-reactive ketones (excluding diaryl/α,β-unsaturated/α-hetero) is 1. The molecule has 0 N–H and O–H groups in total. The van der Waals surface area contributed by atoms with E-state index in [1.165, 1.54) is 0 Å². The molecule has 1 aliphatic heterocycles. The van der Waals surface area contributed by atoms with Gasteiger partial charge < -0.3 is 10.3 Å². The SMILES string of the molecule is CN1[C@@H](CC(=O)C=[N+]=[N-])C(=O)OC1(C(F)(F)F)C(F)(F)F. The molecule has 118 valence electrons. The van der Waals surface area contributed by atoms with Gasteiger partial charge >= 0.3 is 30.3 Å². The summed E-state index contributed by atoms with van der Waals surface area (Å²) in [4.78, 5) is 24.3. The first kappa shape index (κ1) is 17.1. The Morgan fingerprint density at radius 3 is 2.19 bits per heavy atom. The van der Waals surface area contributed by atoms with E-state index >= 15 is 0 Å². The van der Waals surface area contributed by atoms with E-state index in [1.807, 2.05) is 0 Å². The van der Waals surface area contributed by atoms with Gasteiger partial charge in [0.25, 0.3) is 0 Å². The highest BCUT2D eigenvalue weighted by atomic mass is 19.4. The number of hydrogen-bond acceptors (Lipinski definition) is 4. The third kappa shape index (κ3) is 2.63. The molecule has 0 amide bonds. The lowest BCUT2D eigenvalue weighted by Crippen LogP contribution is -2.65. The summed E-state index contributed by atoms with van der Waals surface area (Å²) in [5.41, 5.74) is 3.24. The molecule has 21 heavy (non-hydrogen) atoms. The average Bonchev–Trinajstić information content (AvgIpc) is 2.53. The van der Waals surface area contributed by atoms with Gasteiger partial charge in [0.15, 0.2) is 0 Å². The molecule has 1 heterocycles. The average molecular weight is 319 g/mol. The van der Waals surface area contributed by atoms with Crippen molar-refractivity contribution >= 4 is 18.0 Å². The molecule has 1 saturated heterocycles. The zero-order valence-corrected chi connectivity index (χ0v) is 10.2. The number of nitrogens with zero attached hydrogens (tertiary/aromatic N) is 3. The molecule has 0 bridgehead atoms. The van der Waals surface area contributed by atoms with Gasteiger partial charge in [0.1, 0.15) is 6.04 Å². The highest BCUT2D eigenvalue weighted by Gasteiger charge is 2.81. The first-order chi connectivity index (χ1) is 9.38. The van der Waals surface area contributed by atoms with Gasteiger partial charge in [0.2, 0.25) is 5.78 Å². The molecule has 0 aromatic rings. The second-order valence-electron chi connectivity index (χ2n) is 4.10. The van der Waals surface area contributed by atoms with Crippen LogP contribution in [0.4, 0.5) is 26.3 Å². The van der Waals surface area contributed by atoms with Gasteiger partial charge in [-0.25, -0.2) is 4.90 Å². The van der Waals surface area contributed by atoms with Crippen LogP contribution in [0, 0.1) is 0 Å². The van der Waals surface area contributed by atoms with Gasteiger partial charge in [-0.15, -0.1) is 0 Å². The zero-order valence-electron chi connectivity index (χ0n) is 10.2. The van der Waals surface area contributed by atoms with Gasteiger partial charge in [-0.3, -0.25) is 9.59 Å². The Labute approximate surface area is 112 Å². The Morgan fingerprint density at radius 2 is 1.86 bits per heavy atom. The molecule has 1 rings (SSSR count). The summed E-state index contributed by atoms with van der Waals surface area (Å²) in [7, 11) is 0.361. The Kier molecular flexibility index (Phi) is 4.17. The van der Waals surface area contributed by atoms with Crippen molar-refractivity contribution in [2.24, 2.45) is 0 Å². The Balaban J connectivity index is 3.26. The van der Waals surface area contributed by atoms with Crippen LogP contribution in [0.2, 0.25) is 0 Å². The quantitative estimate of drug-likeness (QED) is 0.255. The van der Waals surface area contributed by atoms with Crippen molar-refractivity contribution in [3.05, 3.63) is 5.53 Å². The Morgan fingerprint density at radius 1 is 1.38 bits per heavy atom. The molecular weight excluding hydrogens is 312 g/mol. The van der Waals surface area contributed by atoms with Crippen molar-refractivity contribution in [2.45, 2.75) is 30.5 Å². The van der Waals surface area contributed by atoms with Gasteiger partial charge in [-0.1, -0.05) is 0 Å². The molecule has 1 aliphatic rings. The number of rotatable bonds is 3. The lowest BCUT2D eigenvalue weighted by atomic mass is 10.1. The predicted molar refractivity (Wildman–Crippen MR) is 51.8 cm³/mol. The van der Waals surface area contributed by atoms with Crippen LogP contribution >= 0.6 is 0 Å². The first-order valence-electron chi connectivity index (χ1n) is 5.18. The number of halogens is 6. The maximum atomic E-state index is 12.8. The maximum absolute atomic E-state index is 12.8. The maximum Gasteiger partial charge on any atom is 0.453 e. The fraction of sp³-hybridized carbons (Fsp3) is 0.667. The molecular formula is C9H7F6N3O3. The van der Waals surface area contributed by atoms with Crippen molar-refractivity contribution < 1.29 is 45.5 Å². The molecule has 1 fully saturated rings. The topological polar surface area (TPSA) is 83.0 Å². The highest BCUT2D eigenvalue weighted by Crippen LogP contribution is 2.51. The number of ketones is 1. The Hall–Kier alpha value is -1.94. The van der Waals surface area contributed by atoms with Crippen LogP contribution in [0.3, 0.4) is 0 Å². The minimum Gasteiger partial charge on any atom is -0.423 e. The molecule has 1 atom stereocenters. The van der Waals surface area contributed by atoms with Gasteiger partial charge in [-0.05, 0) is 7.05 Å². The van der Waals surface area contributed by atoms with Crippen LogP contribution in [0.5, 0.6) is 0 Å². The summed E-state index contributed by atoms with van der Waals surface area (Å²) in [6.07, 6.45) is -12.7. The lowest BCUT2D eigenvalue weighted by molar-refractivity contribution is -0.398. The monoisotopic (exact) mass is 319 g/mol. The smallest absolute Gasteiger partial charge is 0.423 e. The molecule has 0 aromatic heterocycles. The number of ether oxygens (including phenoxy) is 1. The second-order valence-corrected chi connectivity index (χ2v) is 4.10. The fourth-order valence-electron chi connectivity index (χ4n) is 1.87. The number of esters is 1. The standard InChI is InChI=1S/C9H7F6N3O3/c1-18-5(2-4(19)3-17-16)6(20)21-7(18,8(10,11)12)9(13,14)15/h3,5H,2H2,1H3/t5-/m0/s1. The van der Waals surface area contributed by atoms with E-state index in [0.717, 1.165) is 0 Å². The van der Waals surface area contributed by atoms with Crippen molar-refractivity contribution in [1.29, 1.82) is 0 Å². The fourth-order valence-corrected chi connectivity index (χ4v) is 1.87. The largest absolute Gasteiger partial charge is 0.453 e. The van der Waals surface area contributed by atoms with E-state index in [1.54, 1.807) is 0 Å². The van der Waals surface area contributed by atoms with E-state index in [2.05, 4.69) is 9.53 Å². The van der Waals surface area contributed by atoms with Crippen molar-refractivity contribution in [1.82, 2.24) is 4.90 Å². The lowest BCUT2D eigenvalue weighted by Gasteiger charge is -2.37. The number of carbonyl (C=O) groups excluding carboxylic acids is 2. The van der Waals surface area contributed by atoms with Crippen LogP contribution in [-0.2, 0) is 14.3 Å². The van der Waals surface area contributed by atoms with Crippen LogP contribution in [0.1, 0.15) is 6.42 Å². The third-order valence-corrected chi connectivity index (χ3v) is 2.85.